The second kappa shape index (κ2) is 4.26. The van der Waals surface area contributed by atoms with Crippen molar-refractivity contribution < 1.29 is 9.18 Å². The van der Waals surface area contributed by atoms with Crippen LogP contribution in [0.2, 0.25) is 0 Å². The number of hydrogen-bond donors (Lipinski definition) is 0. The van der Waals surface area contributed by atoms with Gasteiger partial charge in [0.2, 0.25) is 0 Å². The summed E-state index contributed by atoms with van der Waals surface area (Å²) in [6, 6.07) is 1.22. The number of amides is 1. The van der Waals surface area contributed by atoms with E-state index in [0.29, 0.717) is 11.5 Å². The second-order valence-electron chi connectivity index (χ2n) is 3.62. The van der Waals surface area contributed by atoms with Crippen LogP contribution in [0.15, 0.2) is 18.5 Å². The molecule has 80 valence electrons. The topological polar surface area (TPSA) is 33.2 Å². The van der Waals surface area contributed by atoms with Gasteiger partial charge < -0.3 is 4.90 Å². The lowest BCUT2D eigenvalue weighted by Crippen LogP contribution is -2.50. The molecule has 5 heteroatoms. The molecular formula is C10H10BrFN2O. The van der Waals surface area contributed by atoms with Crippen LogP contribution < -0.4 is 0 Å². The number of aromatic nitrogens is 1. The lowest BCUT2D eigenvalue weighted by atomic mass is 10.0. The molecule has 1 aromatic heterocycles. The van der Waals surface area contributed by atoms with Gasteiger partial charge in [-0.3, -0.25) is 9.78 Å². The van der Waals surface area contributed by atoms with Gasteiger partial charge in [0.25, 0.3) is 5.91 Å². The second-order valence-corrected chi connectivity index (χ2v) is 4.27. The molecular weight excluding hydrogens is 263 g/mol. The van der Waals surface area contributed by atoms with E-state index in [1.807, 2.05) is 0 Å². The summed E-state index contributed by atoms with van der Waals surface area (Å²) in [6.45, 7) is 1.47. The molecule has 0 aliphatic carbocycles. The van der Waals surface area contributed by atoms with Gasteiger partial charge in [-0.05, 0) is 6.07 Å². The minimum absolute atomic E-state index is 0.140. The molecule has 1 aliphatic heterocycles. The highest BCUT2D eigenvalue weighted by atomic mass is 79.9. The van der Waals surface area contributed by atoms with E-state index in [2.05, 4.69) is 20.9 Å². The van der Waals surface area contributed by atoms with Crippen LogP contribution in [-0.2, 0) is 0 Å². The maximum Gasteiger partial charge on any atom is 0.255 e. The van der Waals surface area contributed by atoms with E-state index < -0.39 is 5.82 Å². The number of carbonyl (C=O) groups excluding carboxylic acids is 1. The SMILES string of the molecule is O=C(c1cncc(F)c1)N1CC(CBr)C1. The standard InChI is InChI=1S/C10H10BrFN2O/c11-2-7-5-14(6-7)10(15)8-1-9(12)4-13-3-8/h1,3-4,7H,2,5-6H2. The summed E-state index contributed by atoms with van der Waals surface area (Å²) in [4.78, 5) is 17.1. The van der Waals surface area contributed by atoms with Crippen LogP contribution >= 0.6 is 15.9 Å². The van der Waals surface area contributed by atoms with Gasteiger partial charge in [0.1, 0.15) is 5.82 Å². The van der Waals surface area contributed by atoms with Crippen LogP contribution in [0.1, 0.15) is 10.4 Å². The third kappa shape index (κ3) is 2.17. The zero-order valence-corrected chi connectivity index (χ0v) is 9.58. The predicted octanol–water partition coefficient (Wildman–Crippen LogP) is 1.69. The van der Waals surface area contributed by atoms with Crippen molar-refractivity contribution in [3.8, 4) is 0 Å². The zero-order chi connectivity index (χ0) is 10.8. The summed E-state index contributed by atoms with van der Waals surface area (Å²) in [5.74, 6) is -0.0897. The molecule has 0 unspecified atom stereocenters. The van der Waals surface area contributed by atoms with Crippen LogP contribution in [0.4, 0.5) is 4.39 Å². The molecule has 3 nitrogen and oxygen atoms in total. The Balaban J connectivity index is 2.03. The first-order valence-electron chi connectivity index (χ1n) is 4.66. The molecule has 0 atom stereocenters. The molecule has 0 radical (unpaired) electrons. The summed E-state index contributed by atoms with van der Waals surface area (Å²) in [5.41, 5.74) is 0.322. The molecule has 15 heavy (non-hydrogen) atoms. The Labute approximate surface area is 95.4 Å². The normalized spacial score (nSPS) is 16.3. The van der Waals surface area contributed by atoms with E-state index in [1.165, 1.54) is 12.3 Å². The van der Waals surface area contributed by atoms with Gasteiger partial charge in [0.15, 0.2) is 0 Å². The van der Waals surface area contributed by atoms with Crippen LogP contribution in [0.25, 0.3) is 0 Å². The number of likely N-dealkylation sites (tertiary alicyclic amines) is 1. The average molecular weight is 273 g/mol. The van der Waals surface area contributed by atoms with Crippen LogP contribution in [-0.4, -0.2) is 34.2 Å². The first kappa shape index (κ1) is 10.5. The largest absolute Gasteiger partial charge is 0.338 e. The Kier molecular flexibility index (Phi) is 3.00. The van der Waals surface area contributed by atoms with E-state index in [-0.39, 0.29) is 5.91 Å². The Morgan fingerprint density at radius 3 is 2.93 bits per heavy atom. The van der Waals surface area contributed by atoms with Crippen LogP contribution in [0.3, 0.4) is 0 Å². The molecule has 0 aromatic carbocycles. The first-order valence-corrected chi connectivity index (χ1v) is 5.78. The van der Waals surface area contributed by atoms with Gasteiger partial charge in [0.05, 0.1) is 11.8 Å². The van der Waals surface area contributed by atoms with Gasteiger partial charge in [0, 0.05) is 30.5 Å². The fraction of sp³-hybridized carbons (Fsp3) is 0.400. The number of alkyl halides is 1. The van der Waals surface area contributed by atoms with Gasteiger partial charge >= 0.3 is 0 Å². The molecule has 0 saturated carbocycles. The molecule has 2 heterocycles. The van der Waals surface area contributed by atoms with Crippen molar-refractivity contribution in [2.75, 3.05) is 18.4 Å². The fourth-order valence-corrected chi connectivity index (χ4v) is 1.95. The maximum absolute atomic E-state index is 12.8. The summed E-state index contributed by atoms with van der Waals surface area (Å²) in [5, 5.41) is 0.901. The summed E-state index contributed by atoms with van der Waals surface area (Å²) >= 11 is 3.36. The molecule has 1 amide bonds. The average Bonchev–Trinajstić information content (AvgIpc) is 2.16. The van der Waals surface area contributed by atoms with Crippen molar-refractivity contribution in [2.45, 2.75) is 0 Å². The van der Waals surface area contributed by atoms with Crippen molar-refractivity contribution in [2.24, 2.45) is 5.92 Å². The summed E-state index contributed by atoms with van der Waals surface area (Å²) < 4.78 is 12.8. The number of pyridine rings is 1. The predicted molar refractivity (Wildman–Crippen MR) is 57.4 cm³/mol. The Hall–Kier alpha value is -0.970. The fourth-order valence-electron chi connectivity index (χ4n) is 1.54. The van der Waals surface area contributed by atoms with Gasteiger partial charge in [-0.15, -0.1) is 0 Å². The number of halogens is 2. The Morgan fingerprint density at radius 1 is 1.60 bits per heavy atom. The lowest BCUT2D eigenvalue weighted by Gasteiger charge is -2.38. The van der Waals surface area contributed by atoms with E-state index in [4.69, 9.17) is 0 Å². The monoisotopic (exact) mass is 272 g/mol. The van der Waals surface area contributed by atoms with E-state index in [0.717, 1.165) is 24.6 Å². The van der Waals surface area contributed by atoms with Crippen LogP contribution in [0, 0.1) is 11.7 Å². The minimum Gasteiger partial charge on any atom is -0.338 e. The summed E-state index contributed by atoms with van der Waals surface area (Å²) in [7, 11) is 0. The van der Waals surface area contributed by atoms with Gasteiger partial charge in [-0.25, -0.2) is 4.39 Å². The third-order valence-electron chi connectivity index (χ3n) is 2.41. The Morgan fingerprint density at radius 2 is 2.33 bits per heavy atom. The smallest absolute Gasteiger partial charge is 0.255 e. The molecule has 1 aliphatic rings. The van der Waals surface area contributed by atoms with Crippen molar-refractivity contribution in [3.05, 3.63) is 29.8 Å². The van der Waals surface area contributed by atoms with E-state index in [9.17, 15) is 9.18 Å². The highest BCUT2D eigenvalue weighted by Gasteiger charge is 2.30. The highest BCUT2D eigenvalue weighted by Crippen LogP contribution is 2.20. The van der Waals surface area contributed by atoms with Gasteiger partial charge in [-0.1, -0.05) is 15.9 Å². The molecule has 0 N–H and O–H groups in total. The number of carbonyl (C=O) groups is 1. The van der Waals surface area contributed by atoms with Crippen molar-refractivity contribution in [1.82, 2.24) is 9.88 Å². The minimum atomic E-state index is -0.474. The summed E-state index contributed by atoms with van der Waals surface area (Å²) in [6.07, 6.45) is 2.49. The zero-order valence-electron chi connectivity index (χ0n) is 7.99. The number of rotatable bonds is 2. The van der Waals surface area contributed by atoms with E-state index >= 15 is 0 Å². The maximum atomic E-state index is 12.8. The molecule has 1 aromatic rings. The molecule has 2 rings (SSSR count). The number of hydrogen-bond acceptors (Lipinski definition) is 2. The third-order valence-corrected chi connectivity index (χ3v) is 3.33. The van der Waals surface area contributed by atoms with Gasteiger partial charge in [-0.2, -0.15) is 0 Å². The molecule has 0 spiro atoms. The number of nitrogens with zero attached hydrogens (tertiary/aromatic N) is 2. The highest BCUT2D eigenvalue weighted by molar-refractivity contribution is 9.09. The Bertz CT molecular complexity index is 379. The molecule has 1 saturated heterocycles. The van der Waals surface area contributed by atoms with Crippen molar-refractivity contribution in [1.29, 1.82) is 0 Å². The lowest BCUT2D eigenvalue weighted by molar-refractivity contribution is 0.0538. The van der Waals surface area contributed by atoms with E-state index in [1.54, 1.807) is 4.90 Å². The quantitative estimate of drug-likeness (QED) is 0.768. The molecule has 0 bridgehead atoms. The van der Waals surface area contributed by atoms with Crippen LogP contribution in [0.5, 0.6) is 0 Å². The van der Waals surface area contributed by atoms with Crippen molar-refractivity contribution >= 4 is 21.8 Å². The molecule has 1 fully saturated rings. The van der Waals surface area contributed by atoms with Crippen molar-refractivity contribution in [3.63, 3.8) is 0 Å². The first-order chi connectivity index (χ1) is 7.20.